The Morgan fingerprint density at radius 3 is 2.43 bits per heavy atom. The monoisotopic (exact) mass is 432 g/mol. The molecule has 0 spiro atoms. The lowest BCUT2D eigenvalue weighted by Crippen LogP contribution is -2.40. The van der Waals surface area contributed by atoms with Gasteiger partial charge in [0.05, 0.1) is 23.7 Å². The second kappa shape index (κ2) is 9.38. The van der Waals surface area contributed by atoms with Gasteiger partial charge < -0.3 is 14.4 Å². The van der Waals surface area contributed by atoms with E-state index in [9.17, 15) is 18.0 Å². The molecule has 1 aliphatic rings. The highest BCUT2D eigenvalue weighted by Crippen LogP contribution is 2.21. The van der Waals surface area contributed by atoms with Crippen molar-refractivity contribution in [2.24, 2.45) is 0 Å². The van der Waals surface area contributed by atoms with Gasteiger partial charge in [-0.15, -0.1) is 0 Å². The molecule has 2 aromatic carbocycles. The zero-order valence-corrected chi connectivity index (χ0v) is 17.7. The van der Waals surface area contributed by atoms with E-state index in [-0.39, 0.29) is 23.5 Å². The summed E-state index contributed by atoms with van der Waals surface area (Å²) >= 11 is 0. The van der Waals surface area contributed by atoms with Crippen LogP contribution in [-0.2, 0) is 24.3 Å². The van der Waals surface area contributed by atoms with Crippen LogP contribution in [0.15, 0.2) is 53.4 Å². The molecule has 1 heterocycles. The molecule has 1 saturated heterocycles. The van der Waals surface area contributed by atoms with E-state index in [1.54, 1.807) is 44.3 Å². The highest BCUT2D eigenvalue weighted by molar-refractivity contribution is 7.89. The average Bonchev–Trinajstić information content (AvgIpc) is 2.78. The number of carbonyl (C=O) groups is 2. The van der Waals surface area contributed by atoms with Gasteiger partial charge in [0.1, 0.15) is 0 Å². The fraction of sp³-hybridized carbons (Fsp3) is 0.333. The standard InChI is InChI=1S/C21H24N2O6S/c1-16-8-9-18(30(26,27)23-10-12-28-13-11-23)14-19(16)21(25)29-15-20(24)22(2)17-6-4-3-5-7-17/h3-9,14H,10-13,15H2,1-2H3. The predicted octanol–water partition coefficient (Wildman–Crippen LogP) is 1.84. The Morgan fingerprint density at radius 2 is 1.77 bits per heavy atom. The molecule has 1 fully saturated rings. The van der Waals surface area contributed by atoms with E-state index in [0.29, 0.717) is 24.5 Å². The number of anilines is 1. The van der Waals surface area contributed by atoms with Crippen LogP contribution in [-0.4, -0.2) is 64.6 Å². The largest absolute Gasteiger partial charge is 0.452 e. The zero-order chi connectivity index (χ0) is 21.7. The van der Waals surface area contributed by atoms with E-state index in [2.05, 4.69) is 0 Å². The third kappa shape index (κ3) is 4.86. The van der Waals surface area contributed by atoms with Gasteiger partial charge in [0, 0.05) is 25.8 Å². The minimum Gasteiger partial charge on any atom is -0.452 e. The Balaban J connectivity index is 1.71. The molecule has 9 heteroatoms. The molecule has 1 aliphatic heterocycles. The van der Waals surface area contributed by atoms with E-state index in [1.165, 1.54) is 21.3 Å². The summed E-state index contributed by atoms with van der Waals surface area (Å²) < 4.78 is 37.4. The summed E-state index contributed by atoms with van der Waals surface area (Å²) in [5.41, 5.74) is 1.35. The Bertz CT molecular complexity index is 1020. The van der Waals surface area contributed by atoms with Crippen molar-refractivity contribution in [3.8, 4) is 0 Å². The number of morpholine rings is 1. The molecule has 0 atom stereocenters. The number of likely N-dealkylation sites (N-methyl/N-ethyl adjacent to an activating group) is 1. The second-order valence-corrected chi connectivity index (χ2v) is 8.80. The Labute approximate surface area is 176 Å². The van der Waals surface area contributed by atoms with Crippen molar-refractivity contribution in [3.05, 3.63) is 59.7 Å². The summed E-state index contributed by atoms with van der Waals surface area (Å²) in [4.78, 5) is 26.3. The molecule has 30 heavy (non-hydrogen) atoms. The van der Waals surface area contributed by atoms with Crippen molar-refractivity contribution >= 4 is 27.6 Å². The van der Waals surface area contributed by atoms with E-state index in [4.69, 9.17) is 9.47 Å². The summed E-state index contributed by atoms with van der Waals surface area (Å²) in [5, 5.41) is 0. The second-order valence-electron chi connectivity index (χ2n) is 6.86. The molecule has 0 bridgehead atoms. The first-order valence-corrected chi connectivity index (χ1v) is 10.9. The first kappa shape index (κ1) is 21.9. The number of hydrogen-bond acceptors (Lipinski definition) is 6. The summed E-state index contributed by atoms with van der Waals surface area (Å²) in [6.07, 6.45) is 0. The molecule has 0 saturated carbocycles. The molecule has 2 aromatic rings. The van der Waals surface area contributed by atoms with Crippen molar-refractivity contribution in [2.45, 2.75) is 11.8 Å². The SMILES string of the molecule is Cc1ccc(S(=O)(=O)N2CCOCC2)cc1C(=O)OCC(=O)N(C)c1ccccc1. The quantitative estimate of drug-likeness (QED) is 0.647. The van der Waals surface area contributed by atoms with Gasteiger partial charge in [-0.25, -0.2) is 13.2 Å². The van der Waals surface area contributed by atoms with Crippen molar-refractivity contribution in [1.29, 1.82) is 0 Å². The van der Waals surface area contributed by atoms with Crippen molar-refractivity contribution < 1.29 is 27.5 Å². The fourth-order valence-electron chi connectivity index (χ4n) is 3.01. The van der Waals surface area contributed by atoms with Gasteiger partial charge in [-0.1, -0.05) is 24.3 Å². The van der Waals surface area contributed by atoms with Crippen LogP contribution in [0.1, 0.15) is 15.9 Å². The molecule has 0 aromatic heterocycles. The Kier molecular flexibility index (Phi) is 6.86. The highest BCUT2D eigenvalue weighted by atomic mass is 32.2. The van der Waals surface area contributed by atoms with E-state index < -0.39 is 28.5 Å². The molecule has 160 valence electrons. The van der Waals surface area contributed by atoms with Crippen LogP contribution in [0.2, 0.25) is 0 Å². The first-order chi connectivity index (χ1) is 14.3. The summed E-state index contributed by atoms with van der Waals surface area (Å²) in [5.74, 6) is -1.15. The van der Waals surface area contributed by atoms with Crippen LogP contribution in [0.25, 0.3) is 0 Å². The molecule has 1 amide bonds. The van der Waals surface area contributed by atoms with E-state index in [1.807, 2.05) is 6.07 Å². The first-order valence-electron chi connectivity index (χ1n) is 9.48. The number of sulfonamides is 1. The fourth-order valence-corrected chi connectivity index (χ4v) is 4.45. The number of nitrogens with zero attached hydrogens (tertiary/aromatic N) is 2. The zero-order valence-electron chi connectivity index (χ0n) is 16.9. The van der Waals surface area contributed by atoms with Gasteiger partial charge in [-0.05, 0) is 36.8 Å². The van der Waals surface area contributed by atoms with Gasteiger partial charge in [-0.3, -0.25) is 4.79 Å². The summed E-state index contributed by atoms with van der Waals surface area (Å²) in [7, 11) is -2.16. The van der Waals surface area contributed by atoms with Crippen molar-refractivity contribution in [2.75, 3.05) is 44.9 Å². The van der Waals surface area contributed by atoms with E-state index >= 15 is 0 Å². The predicted molar refractivity (Wildman–Crippen MR) is 111 cm³/mol. The normalized spacial score (nSPS) is 14.9. The number of benzene rings is 2. The molecular formula is C21H24N2O6S. The maximum Gasteiger partial charge on any atom is 0.338 e. The molecule has 0 radical (unpaired) electrons. The molecular weight excluding hydrogens is 408 g/mol. The van der Waals surface area contributed by atoms with Gasteiger partial charge in [0.25, 0.3) is 5.91 Å². The van der Waals surface area contributed by atoms with Gasteiger partial charge in [-0.2, -0.15) is 4.31 Å². The number of rotatable bonds is 6. The van der Waals surface area contributed by atoms with Crippen LogP contribution in [0, 0.1) is 6.92 Å². The minimum absolute atomic E-state index is 0.00896. The molecule has 3 rings (SSSR count). The topological polar surface area (TPSA) is 93.2 Å². The maximum atomic E-state index is 12.8. The van der Waals surface area contributed by atoms with E-state index in [0.717, 1.165) is 0 Å². The van der Waals surface area contributed by atoms with Gasteiger partial charge in [0.2, 0.25) is 10.0 Å². The molecule has 0 N–H and O–H groups in total. The van der Waals surface area contributed by atoms with Crippen LogP contribution >= 0.6 is 0 Å². The Morgan fingerprint density at radius 1 is 1.10 bits per heavy atom. The van der Waals surface area contributed by atoms with Gasteiger partial charge >= 0.3 is 5.97 Å². The summed E-state index contributed by atoms with van der Waals surface area (Å²) in [6.45, 7) is 2.41. The molecule has 0 aliphatic carbocycles. The van der Waals surface area contributed by atoms with Crippen LogP contribution < -0.4 is 4.90 Å². The number of hydrogen-bond donors (Lipinski definition) is 0. The molecule has 0 unspecified atom stereocenters. The number of aryl methyl sites for hydroxylation is 1. The third-order valence-corrected chi connectivity index (χ3v) is 6.78. The number of carbonyl (C=O) groups excluding carboxylic acids is 2. The Hall–Kier alpha value is -2.75. The summed E-state index contributed by atoms with van der Waals surface area (Å²) in [6, 6.07) is 13.3. The third-order valence-electron chi connectivity index (χ3n) is 4.88. The van der Waals surface area contributed by atoms with Crippen molar-refractivity contribution in [1.82, 2.24) is 4.31 Å². The van der Waals surface area contributed by atoms with Crippen LogP contribution in [0.4, 0.5) is 5.69 Å². The molecule has 8 nitrogen and oxygen atoms in total. The number of amides is 1. The van der Waals surface area contributed by atoms with Crippen LogP contribution in [0.3, 0.4) is 0 Å². The lowest BCUT2D eigenvalue weighted by molar-refractivity contribution is -0.121. The lowest BCUT2D eigenvalue weighted by atomic mass is 10.1. The highest BCUT2D eigenvalue weighted by Gasteiger charge is 2.27. The maximum absolute atomic E-state index is 12.8. The average molecular weight is 432 g/mol. The van der Waals surface area contributed by atoms with Crippen LogP contribution in [0.5, 0.6) is 0 Å². The lowest BCUT2D eigenvalue weighted by Gasteiger charge is -2.26. The minimum atomic E-state index is -3.75. The van der Waals surface area contributed by atoms with Crippen molar-refractivity contribution in [3.63, 3.8) is 0 Å². The number of ether oxygens (including phenoxy) is 2. The van der Waals surface area contributed by atoms with Gasteiger partial charge in [0.15, 0.2) is 6.61 Å². The number of esters is 1. The smallest absolute Gasteiger partial charge is 0.338 e. The number of para-hydroxylation sites is 1.